The average molecular weight is 862 g/mol. The second-order valence-electron chi connectivity index (χ2n) is 13.6. The second kappa shape index (κ2) is 45.2. The molecular weight excluding hydrogens is 786 g/mol. The first kappa shape index (κ1) is 56.6. The summed E-state index contributed by atoms with van der Waals surface area (Å²) in [5, 5.41) is 12.6. The number of carbonyl (C=O) groups is 2. The number of allylic oxidation sites excluding steroid dienone is 25. The number of nitrogens with one attached hydrogen (secondary N) is 1. The van der Waals surface area contributed by atoms with Gasteiger partial charge in [0.2, 0.25) is 5.91 Å². The number of esters is 1. The largest absolute Gasteiger partial charge is 0.472 e. The van der Waals surface area contributed by atoms with Crippen LogP contribution in [0.4, 0.5) is 0 Å². The molecule has 0 aliphatic carbocycles. The Morgan fingerprint density at radius 3 is 1.23 bits per heavy atom. The van der Waals surface area contributed by atoms with Gasteiger partial charge in [-0.3, -0.25) is 18.6 Å². The van der Waals surface area contributed by atoms with E-state index in [1.165, 1.54) is 0 Å². The molecule has 10 heteroatoms. The molecule has 0 aliphatic rings. The van der Waals surface area contributed by atoms with E-state index in [2.05, 4.69) is 147 Å². The van der Waals surface area contributed by atoms with Crippen molar-refractivity contribution in [3.05, 3.63) is 158 Å². The van der Waals surface area contributed by atoms with Gasteiger partial charge < -0.3 is 20.1 Å². The van der Waals surface area contributed by atoms with Crippen LogP contribution in [0.3, 0.4) is 0 Å². The quantitative estimate of drug-likeness (QED) is 0.0242. The monoisotopic (exact) mass is 862 g/mol. The first-order chi connectivity index (χ1) is 29.8. The number of hydrogen-bond donors (Lipinski definition) is 3. The van der Waals surface area contributed by atoms with Crippen LogP contribution in [0.1, 0.15) is 117 Å². The van der Waals surface area contributed by atoms with Crippen LogP contribution in [0, 0.1) is 0 Å². The minimum absolute atomic E-state index is 0.00463. The molecule has 338 valence electrons. The Morgan fingerprint density at radius 2 is 0.852 bits per heavy atom. The van der Waals surface area contributed by atoms with Crippen LogP contribution >= 0.6 is 7.82 Å². The van der Waals surface area contributed by atoms with Crippen molar-refractivity contribution in [2.24, 2.45) is 0 Å². The van der Waals surface area contributed by atoms with Crippen molar-refractivity contribution in [2.75, 3.05) is 26.4 Å². The van der Waals surface area contributed by atoms with Crippen molar-refractivity contribution in [1.29, 1.82) is 0 Å². The van der Waals surface area contributed by atoms with Crippen LogP contribution < -0.4 is 5.32 Å². The summed E-state index contributed by atoms with van der Waals surface area (Å²) >= 11 is 0. The van der Waals surface area contributed by atoms with Gasteiger partial charge in [0.05, 0.1) is 13.2 Å². The molecule has 9 nitrogen and oxygen atoms in total. The Labute approximate surface area is 368 Å². The standard InChI is InChI=1S/C51H76NO8P/c1-3-5-7-9-11-13-15-17-19-21-23-24-26-27-29-31-33-35-37-39-41-43-50(54)52-45-46-59-61(56,57)60-48-49(53)47-58-51(55)44-42-40-38-36-34-32-30-28-25-22-20-18-16-14-12-10-8-6-4-2/h5-8,11-14,17-20,23-25,27-29,32-35,38-41,49,53H,3-4,9-10,15-16,21-22,26,30-31,36-37,42-48H2,1-2H3,(H,52,54)(H,56,57)/b7-5-,8-6-,13-11-,14-12-,19-17-,20-18-,24-23-,28-25-,29-27-,34-32-,35-33-,40-38-,41-39-. The maximum atomic E-state index is 12.1. The fourth-order valence-corrected chi connectivity index (χ4v) is 5.53. The van der Waals surface area contributed by atoms with Gasteiger partial charge in [0.1, 0.15) is 12.7 Å². The molecule has 0 aromatic carbocycles. The maximum Gasteiger partial charge on any atom is 0.472 e. The van der Waals surface area contributed by atoms with Gasteiger partial charge in [-0.05, 0) is 89.9 Å². The van der Waals surface area contributed by atoms with Crippen molar-refractivity contribution in [3.63, 3.8) is 0 Å². The van der Waals surface area contributed by atoms with E-state index in [1.54, 1.807) is 6.08 Å². The van der Waals surface area contributed by atoms with E-state index in [0.29, 0.717) is 12.8 Å². The topological polar surface area (TPSA) is 131 Å². The molecule has 0 saturated carbocycles. The van der Waals surface area contributed by atoms with Gasteiger partial charge in [-0.1, -0.05) is 172 Å². The summed E-state index contributed by atoms with van der Waals surface area (Å²) in [6.07, 6.45) is 66.4. The molecule has 0 aromatic rings. The SMILES string of the molecule is CC/C=C\C/C=C\C/C=C\C/C=C\C/C=C\C/C=C\C/C=C\CC(=O)NCCOP(=O)(O)OCC(O)COC(=O)CC/C=C\C/C=C\C/C=C\C/C=C\C/C=C\C/C=C\CC. The molecular formula is C51H76NO8P. The van der Waals surface area contributed by atoms with Gasteiger partial charge in [0, 0.05) is 19.4 Å². The molecule has 3 N–H and O–H groups in total. The van der Waals surface area contributed by atoms with E-state index in [-0.39, 0.29) is 38.5 Å². The predicted molar refractivity (Wildman–Crippen MR) is 256 cm³/mol. The summed E-state index contributed by atoms with van der Waals surface area (Å²) in [5.74, 6) is -0.754. The van der Waals surface area contributed by atoms with Gasteiger partial charge in [-0.15, -0.1) is 0 Å². The summed E-state index contributed by atoms with van der Waals surface area (Å²) in [4.78, 5) is 33.8. The zero-order valence-corrected chi connectivity index (χ0v) is 37.9. The molecule has 2 atom stereocenters. The van der Waals surface area contributed by atoms with Crippen LogP contribution in [0.2, 0.25) is 0 Å². The van der Waals surface area contributed by atoms with E-state index >= 15 is 0 Å². The third-order valence-electron chi connectivity index (χ3n) is 8.00. The molecule has 2 unspecified atom stereocenters. The lowest BCUT2D eigenvalue weighted by molar-refractivity contribution is -0.147. The number of rotatable bonds is 38. The minimum atomic E-state index is -4.47. The van der Waals surface area contributed by atoms with Crippen molar-refractivity contribution < 1.29 is 37.9 Å². The van der Waals surface area contributed by atoms with Crippen molar-refractivity contribution in [3.8, 4) is 0 Å². The number of phosphoric acid groups is 1. The van der Waals surface area contributed by atoms with Crippen LogP contribution in [0.15, 0.2) is 158 Å². The van der Waals surface area contributed by atoms with Gasteiger partial charge in [0.25, 0.3) is 0 Å². The highest BCUT2D eigenvalue weighted by atomic mass is 31.2. The fourth-order valence-electron chi connectivity index (χ4n) is 4.77. The number of hydrogen-bond acceptors (Lipinski definition) is 7. The summed E-state index contributed by atoms with van der Waals surface area (Å²) < 4.78 is 26.8. The first-order valence-corrected chi connectivity index (χ1v) is 23.5. The molecule has 61 heavy (non-hydrogen) atoms. The lowest BCUT2D eigenvalue weighted by Gasteiger charge is -2.15. The molecule has 0 heterocycles. The number of phosphoric ester groups is 1. The number of aliphatic hydroxyl groups excluding tert-OH is 1. The highest BCUT2D eigenvalue weighted by Gasteiger charge is 2.23. The second-order valence-corrected chi connectivity index (χ2v) is 15.0. The zero-order chi connectivity index (χ0) is 44.6. The van der Waals surface area contributed by atoms with Crippen molar-refractivity contribution in [2.45, 2.75) is 123 Å². The third kappa shape index (κ3) is 46.5. The first-order valence-electron chi connectivity index (χ1n) is 22.0. The molecule has 0 saturated heterocycles. The third-order valence-corrected chi connectivity index (χ3v) is 8.98. The maximum absolute atomic E-state index is 12.1. The zero-order valence-electron chi connectivity index (χ0n) is 37.0. The minimum Gasteiger partial charge on any atom is -0.463 e. The normalized spacial score (nSPS) is 14.8. The molecule has 0 aromatic heterocycles. The van der Waals surface area contributed by atoms with E-state index in [9.17, 15) is 24.2 Å². The highest BCUT2D eigenvalue weighted by Crippen LogP contribution is 2.42. The Morgan fingerprint density at radius 1 is 0.508 bits per heavy atom. The summed E-state index contributed by atoms with van der Waals surface area (Å²) in [6.45, 7) is 3.07. The van der Waals surface area contributed by atoms with Gasteiger partial charge in [0.15, 0.2) is 0 Å². The number of aliphatic hydroxyl groups is 1. The van der Waals surface area contributed by atoms with Crippen molar-refractivity contribution >= 4 is 19.7 Å². The van der Waals surface area contributed by atoms with Crippen LogP contribution in [0.5, 0.6) is 0 Å². The van der Waals surface area contributed by atoms with Gasteiger partial charge >= 0.3 is 13.8 Å². The fraction of sp³-hybridized carbons (Fsp3) is 0.451. The van der Waals surface area contributed by atoms with E-state index in [4.69, 9.17) is 13.8 Å². The predicted octanol–water partition coefficient (Wildman–Crippen LogP) is 12.7. The Balaban J connectivity index is 3.87. The van der Waals surface area contributed by atoms with Crippen molar-refractivity contribution in [1.82, 2.24) is 5.32 Å². The van der Waals surface area contributed by atoms with E-state index in [1.807, 2.05) is 24.3 Å². The summed E-state index contributed by atoms with van der Waals surface area (Å²) in [6, 6.07) is 0. The lowest BCUT2D eigenvalue weighted by Crippen LogP contribution is -2.26. The summed E-state index contributed by atoms with van der Waals surface area (Å²) in [7, 11) is -4.47. The average Bonchev–Trinajstić information content (AvgIpc) is 3.25. The number of amides is 1. The smallest absolute Gasteiger partial charge is 0.463 e. The molecule has 0 bridgehead atoms. The highest BCUT2D eigenvalue weighted by molar-refractivity contribution is 7.47. The number of ether oxygens (including phenoxy) is 1. The van der Waals surface area contributed by atoms with Gasteiger partial charge in [-0.25, -0.2) is 4.57 Å². The molecule has 0 aliphatic heterocycles. The molecule has 1 amide bonds. The van der Waals surface area contributed by atoms with Crippen LogP contribution in [-0.2, 0) is 27.9 Å². The summed E-state index contributed by atoms with van der Waals surface area (Å²) in [5.41, 5.74) is 0. The molecule has 0 rings (SSSR count). The van der Waals surface area contributed by atoms with E-state index in [0.717, 1.165) is 77.0 Å². The van der Waals surface area contributed by atoms with Gasteiger partial charge in [-0.2, -0.15) is 0 Å². The Bertz CT molecular complexity index is 1540. The molecule has 0 fully saturated rings. The van der Waals surface area contributed by atoms with Crippen LogP contribution in [-0.4, -0.2) is 54.3 Å². The Kier molecular flexibility index (Phi) is 41.9. The Hall–Kier alpha value is -4.37. The molecule has 0 spiro atoms. The van der Waals surface area contributed by atoms with Crippen LogP contribution in [0.25, 0.3) is 0 Å². The molecule has 0 radical (unpaired) electrons. The number of carbonyl (C=O) groups excluding carboxylic acids is 2. The lowest BCUT2D eigenvalue weighted by atomic mass is 10.2. The van der Waals surface area contributed by atoms with E-state index < -0.39 is 26.5 Å².